The number of aliphatic imine (C=N–C) groups is 1. The van der Waals surface area contributed by atoms with Gasteiger partial charge in [-0.2, -0.15) is 5.26 Å². The maximum Gasteiger partial charge on any atom is 0.257 e. The zero-order chi connectivity index (χ0) is 27.4. The SMILES string of the molecule is CCC(=Nc1c(Nc2cc(C#N)cc(C(=O)N(C)C)c2O)c(O)n(C2CCCCC2)c1O)c1ccccc1. The Hall–Kier alpha value is -4.45. The van der Waals surface area contributed by atoms with Gasteiger partial charge in [-0.15, -0.1) is 0 Å². The van der Waals surface area contributed by atoms with Crippen LogP contribution in [0.25, 0.3) is 0 Å². The summed E-state index contributed by atoms with van der Waals surface area (Å²) >= 11 is 0. The zero-order valence-corrected chi connectivity index (χ0v) is 21.9. The summed E-state index contributed by atoms with van der Waals surface area (Å²) in [7, 11) is 3.09. The largest absolute Gasteiger partial charge is 0.505 e. The summed E-state index contributed by atoms with van der Waals surface area (Å²) in [6.45, 7) is 1.95. The van der Waals surface area contributed by atoms with Crippen LogP contribution in [0.1, 0.15) is 73.0 Å². The van der Waals surface area contributed by atoms with E-state index < -0.39 is 5.91 Å². The molecule has 0 saturated heterocycles. The van der Waals surface area contributed by atoms with Crippen molar-refractivity contribution in [2.75, 3.05) is 19.4 Å². The van der Waals surface area contributed by atoms with Gasteiger partial charge in [-0.25, -0.2) is 4.99 Å². The highest BCUT2D eigenvalue weighted by Crippen LogP contribution is 2.51. The fourth-order valence-electron chi connectivity index (χ4n) is 4.90. The van der Waals surface area contributed by atoms with E-state index in [-0.39, 0.29) is 51.7 Å². The number of benzene rings is 2. The lowest BCUT2D eigenvalue weighted by Crippen LogP contribution is -2.22. The monoisotopic (exact) mass is 515 g/mol. The third-order valence-electron chi connectivity index (χ3n) is 6.89. The first-order valence-corrected chi connectivity index (χ1v) is 12.8. The molecule has 2 aromatic carbocycles. The van der Waals surface area contributed by atoms with Crippen molar-refractivity contribution in [3.05, 3.63) is 59.2 Å². The van der Waals surface area contributed by atoms with Gasteiger partial charge in [0.2, 0.25) is 11.8 Å². The first-order chi connectivity index (χ1) is 18.3. The topological polar surface area (TPSA) is 134 Å². The summed E-state index contributed by atoms with van der Waals surface area (Å²) in [5.74, 6) is -1.26. The van der Waals surface area contributed by atoms with Crippen molar-refractivity contribution >= 4 is 28.7 Å². The van der Waals surface area contributed by atoms with Crippen LogP contribution in [0.5, 0.6) is 17.5 Å². The van der Waals surface area contributed by atoms with Crippen LogP contribution in [0, 0.1) is 11.3 Å². The fourth-order valence-corrected chi connectivity index (χ4v) is 4.90. The minimum absolute atomic E-state index is 0.0413. The van der Waals surface area contributed by atoms with Gasteiger partial charge < -0.3 is 25.5 Å². The number of phenols is 1. The molecule has 9 heteroatoms. The highest BCUT2D eigenvalue weighted by Gasteiger charge is 2.30. The Kier molecular flexibility index (Phi) is 7.91. The summed E-state index contributed by atoms with van der Waals surface area (Å²) < 4.78 is 1.50. The number of nitrogens with zero attached hydrogens (tertiary/aromatic N) is 4. The number of aromatic nitrogens is 1. The predicted molar refractivity (Wildman–Crippen MR) is 147 cm³/mol. The Morgan fingerprint density at radius 2 is 1.79 bits per heavy atom. The summed E-state index contributed by atoms with van der Waals surface area (Å²) in [6.07, 6.45) is 5.22. The van der Waals surface area contributed by atoms with Gasteiger partial charge in [0.25, 0.3) is 5.91 Å². The fraction of sp³-hybridized carbons (Fsp3) is 0.345. The number of hydrogen-bond donors (Lipinski definition) is 4. The number of carbonyl (C=O) groups excluding carboxylic acids is 1. The number of aromatic hydroxyl groups is 3. The molecule has 38 heavy (non-hydrogen) atoms. The van der Waals surface area contributed by atoms with Crippen molar-refractivity contribution in [1.29, 1.82) is 5.26 Å². The molecule has 1 saturated carbocycles. The molecule has 1 aliphatic rings. The summed E-state index contributed by atoms with van der Waals surface area (Å²) in [5.41, 5.74) is 1.91. The maximum absolute atomic E-state index is 12.7. The molecule has 1 heterocycles. The van der Waals surface area contributed by atoms with E-state index in [2.05, 4.69) is 5.32 Å². The average Bonchev–Trinajstić information content (AvgIpc) is 3.16. The van der Waals surface area contributed by atoms with E-state index in [0.29, 0.717) is 12.1 Å². The minimum atomic E-state index is -0.481. The van der Waals surface area contributed by atoms with Crippen molar-refractivity contribution in [2.24, 2.45) is 4.99 Å². The van der Waals surface area contributed by atoms with Gasteiger partial charge >= 0.3 is 0 Å². The van der Waals surface area contributed by atoms with Gasteiger partial charge in [-0.05, 0) is 37.0 Å². The molecular formula is C29H33N5O4. The zero-order valence-electron chi connectivity index (χ0n) is 21.9. The van der Waals surface area contributed by atoms with Gasteiger partial charge in [0.15, 0.2) is 11.4 Å². The molecule has 4 N–H and O–H groups in total. The molecule has 0 aliphatic heterocycles. The summed E-state index contributed by atoms with van der Waals surface area (Å²) in [6, 6.07) is 14.2. The molecule has 0 unspecified atom stereocenters. The molecule has 198 valence electrons. The Morgan fingerprint density at radius 1 is 1.11 bits per heavy atom. The number of anilines is 2. The smallest absolute Gasteiger partial charge is 0.257 e. The van der Waals surface area contributed by atoms with E-state index in [9.17, 15) is 25.4 Å². The lowest BCUT2D eigenvalue weighted by Gasteiger charge is -2.24. The number of amides is 1. The first-order valence-electron chi connectivity index (χ1n) is 12.8. The predicted octanol–water partition coefficient (Wildman–Crippen LogP) is 5.96. The Bertz CT molecular complexity index is 1400. The van der Waals surface area contributed by atoms with Crippen LogP contribution >= 0.6 is 0 Å². The van der Waals surface area contributed by atoms with Gasteiger partial charge in [0, 0.05) is 25.8 Å². The number of hydrogen-bond acceptors (Lipinski definition) is 7. The quantitative estimate of drug-likeness (QED) is 0.227. The van der Waals surface area contributed by atoms with Crippen molar-refractivity contribution in [3.63, 3.8) is 0 Å². The molecule has 9 nitrogen and oxygen atoms in total. The number of rotatable bonds is 7. The Labute approximate surface area is 222 Å². The van der Waals surface area contributed by atoms with Crippen LogP contribution in [0.2, 0.25) is 0 Å². The van der Waals surface area contributed by atoms with Crippen molar-refractivity contribution in [1.82, 2.24) is 9.47 Å². The first kappa shape index (κ1) is 26.6. The molecule has 0 atom stereocenters. The van der Waals surface area contributed by atoms with Crippen LogP contribution in [-0.2, 0) is 0 Å². The minimum Gasteiger partial charge on any atom is -0.505 e. The van der Waals surface area contributed by atoms with Gasteiger partial charge in [-0.3, -0.25) is 9.36 Å². The molecule has 0 radical (unpaired) electrons. The van der Waals surface area contributed by atoms with Gasteiger partial charge in [-0.1, -0.05) is 56.5 Å². The third-order valence-corrected chi connectivity index (χ3v) is 6.89. The maximum atomic E-state index is 12.7. The van der Waals surface area contributed by atoms with Crippen LogP contribution in [0.4, 0.5) is 17.1 Å². The van der Waals surface area contributed by atoms with Crippen molar-refractivity contribution in [3.8, 4) is 23.6 Å². The van der Waals surface area contributed by atoms with Crippen molar-refractivity contribution < 1.29 is 20.1 Å². The van der Waals surface area contributed by atoms with Crippen LogP contribution in [0.3, 0.4) is 0 Å². The molecule has 1 amide bonds. The molecule has 0 bridgehead atoms. The van der Waals surface area contributed by atoms with E-state index in [4.69, 9.17) is 4.99 Å². The highest BCUT2D eigenvalue weighted by atomic mass is 16.3. The average molecular weight is 516 g/mol. The second-order valence-corrected chi connectivity index (χ2v) is 9.67. The second-order valence-electron chi connectivity index (χ2n) is 9.67. The van der Waals surface area contributed by atoms with Crippen LogP contribution < -0.4 is 5.32 Å². The number of nitrogens with one attached hydrogen (secondary N) is 1. The second kappa shape index (κ2) is 11.3. The molecule has 4 rings (SSSR count). The lowest BCUT2D eigenvalue weighted by atomic mass is 9.95. The van der Waals surface area contributed by atoms with E-state index in [1.54, 1.807) is 14.1 Å². The Balaban J connectivity index is 1.91. The van der Waals surface area contributed by atoms with Crippen LogP contribution in [0.15, 0.2) is 47.5 Å². The van der Waals surface area contributed by atoms with E-state index in [1.165, 1.54) is 21.6 Å². The van der Waals surface area contributed by atoms with Crippen LogP contribution in [-0.4, -0.2) is 50.5 Å². The third kappa shape index (κ3) is 5.16. The molecule has 3 aromatic rings. The van der Waals surface area contributed by atoms with E-state index in [1.807, 2.05) is 43.3 Å². The number of carbonyl (C=O) groups is 1. The lowest BCUT2D eigenvalue weighted by molar-refractivity contribution is 0.0824. The number of nitriles is 1. The molecule has 0 spiro atoms. The standard InChI is InChI=1S/C29H33N5O4/c1-4-22(19-11-7-5-8-12-19)31-24-25(29(38)34(28(24)37)20-13-9-6-10-14-20)32-23-16-18(17-30)15-21(26(23)35)27(36)33(2)3/h5,7-8,11-12,15-16,20,32,35,37-38H,4,6,9-10,13-14H2,1-3H3. The summed E-state index contributed by atoms with van der Waals surface area (Å²) in [5, 5.41) is 46.3. The number of phenolic OH excluding ortho intramolecular Hbond substituents is 1. The molecular weight excluding hydrogens is 482 g/mol. The van der Waals surface area contributed by atoms with Gasteiger partial charge in [0.05, 0.1) is 22.9 Å². The van der Waals surface area contributed by atoms with E-state index >= 15 is 0 Å². The highest BCUT2D eigenvalue weighted by molar-refractivity contribution is 6.04. The Morgan fingerprint density at radius 3 is 2.39 bits per heavy atom. The van der Waals surface area contributed by atoms with Crippen molar-refractivity contribution in [2.45, 2.75) is 51.5 Å². The van der Waals surface area contributed by atoms with E-state index in [0.717, 1.165) is 37.7 Å². The van der Waals surface area contributed by atoms with Gasteiger partial charge in [0.1, 0.15) is 5.69 Å². The normalized spacial score (nSPS) is 14.2. The summed E-state index contributed by atoms with van der Waals surface area (Å²) in [4.78, 5) is 18.8. The molecule has 1 fully saturated rings. The molecule has 1 aliphatic carbocycles. The molecule has 1 aromatic heterocycles.